The second-order valence-electron chi connectivity index (χ2n) is 3.37. The van der Waals surface area contributed by atoms with Gasteiger partial charge in [-0.25, -0.2) is 0 Å². The van der Waals surface area contributed by atoms with Gasteiger partial charge in [0.15, 0.2) is 0 Å². The lowest BCUT2D eigenvalue weighted by Gasteiger charge is -2.15. The van der Waals surface area contributed by atoms with E-state index in [1.54, 1.807) is 4.90 Å². The number of carbonyl (C=O) groups is 1. The van der Waals surface area contributed by atoms with Crippen molar-refractivity contribution in [3.63, 3.8) is 0 Å². The summed E-state index contributed by atoms with van der Waals surface area (Å²) in [6.07, 6.45) is 2.07. The van der Waals surface area contributed by atoms with Crippen molar-refractivity contribution < 1.29 is 9.90 Å². The van der Waals surface area contributed by atoms with E-state index >= 15 is 0 Å². The summed E-state index contributed by atoms with van der Waals surface area (Å²) in [6, 6.07) is 0. The Bertz CT molecular complexity index is 209. The summed E-state index contributed by atoms with van der Waals surface area (Å²) in [5, 5.41) is 8.61. The molecule has 0 saturated heterocycles. The van der Waals surface area contributed by atoms with E-state index < -0.39 is 0 Å². The van der Waals surface area contributed by atoms with Gasteiger partial charge in [0, 0.05) is 13.1 Å². The van der Waals surface area contributed by atoms with Crippen LogP contribution in [0.15, 0.2) is 11.6 Å². The number of nitrogens with zero attached hydrogens (tertiary/aromatic N) is 1. The van der Waals surface area contributed by atoms with Crippen LogP contribution < -0.4 is 0 Å². The third-order valence-corrected chi connectivity index (χ3v) is 2.18. The summed E-state index contributed by atoms with van der Waals surface area (Å²) in [7, 11) is 0. The molecule has 0 aromatic rings. The largest absolute Gasteiger partial charge is 0.387 e. The number of amides is 1. The van der Waals surface area contributed by atoms with Crippen molar-refractivity contribution in [1.82, 2.24) is 4.90 Å². The molecular weight excluding hydrogens is 154 g/mol. The van der Waals surface area contributed by atoms with Crippen molar-refractivity contribution >= 4 is 5.91 Å². The molecule has 0 bridgehead atoms. The number of hydrogen-bond donors (Lipinski definition) is 1. The van der Waals surface area contributed by atoms with Crippen LogP contribution in [0.1, 0.15) is 13.8 Å². The predicted molar refractivity (Wildman–Crippen MR) is 46.6 cm³/mol. The van der Waals surface area contributed by atoms with Crippen molar-refractivity contribution in [2.45, 2.75) is 13.8 Å². The predicted octanol–water partition coefficient (Wildman–Crippen LogP) is 0.403. The minimum Gasteiger partial charge on any atom is -0.387 e. The van der Waals surface area contributed by atoms with Crippen LogP contribution in [-0.2, 0) is 4.79 Å². The Morgan fingerprint density at radius 2 is 2.42 bits per heavy atom. The Kier molecular flexibility index (Phi) is 2.87. The zero-order valence-electron chi connectivity index (χ0n) is 7.58. The third kappa shape index (κ3) is 1.85. The van der Waals surface area contributed by atoms with E-state index in [1.807, 2.05) is 0 Å². The number of rotatable bonds is 2. The van der Waals surface area contributed by atoms with Crippen LogP contribution in [-0.4, -0.2) is 35.6 Å². The van der Waals surface area contributed by atoms with Crippen LogP contribution in [0, 0.1) is 5.92 Å². The molecule has 1 aliphatic heterocycles. The molecule has 3 nitrogen and oxygen atoms in total. The molecule has 0 aromatic heterocycles. The van der Waals surface area contributed by atoms with Gasteiger partial charge in [0.25, 0.3) is 0 Å². The van der Waals surface area contributed by atoms with Gasteiger partial charge >= 0.3 is 0 Å². The fourth-order valence-electron chi connectivity index (χ4n) is 1.29. The lowest BCUT2D eigenvalue weighted by atomic mass is 10.1. The molecule has 1 amide bonds. The lowest BCUT2D eigenvalue weighted by molar-refractivity contribution is -0.132. The van der Waals surface area contributed by atoms with Crippen molar-refractivity contribution in [1.29, 1.82) is 0 Å². The van der Waals surface area contributed by atoms with Crippen LogP contribution in [0.2, 0.25) is 0 Å². The summed E-state index contributed by atoms with van der Waals surface area (Å²) >= 11 is 0. The molecule has 0 radical (unpaired) electrons. The quantitative estimate of drug-likeness (QED) is 0.608. The molecule has 68 valence electrons. The molecule has 3 heteroatoms. The Morgan fingerprint density at radius 3 is 2.83 bits per heavy atom. The van der Waals surface area contributed by atoms with E-state index in [-0.39, 0.29) is 12.5 Å². The number of carbonyl (C=O) groups excluding carboxylic acids is 1. The molecule has 1 aliphatic rings. The highest BCUT2D eigenvalue weighted by Gasteiger charge is 2.19. The van der Waals surface area contributed by atoms with E-state index in [0.29, 0.717) is 19.0 Å². The first-order valence-corrected chi connectivity index (χ1v) is 4.22. The van der Waals surface area contributed by atoms with Crippen molar-refractivity contribution in [3.05, 3.63) is 11.6 Å². The summed E-state index contributed by atoms with van der Waals surface area (Å²) in [6.45, 7) is 5.20. The standard InChI is InChI=1S/C9H15NO2/c1-7(2)8-3-4-10(5-8)9(12)6-11/h3,7,11H,4-6H2,1-2H3. The summed E-state index contributed by atoms with van der Waals surface area (Å²) in [5.41, 5.74) is 1.29. The Labute approximate surface area is 72.7 Å². The van der Waals surface area contributed by atoms with E-state index in [9.17, 15) is 4.79 Å². The zero-order chi connectivity index (χ0) is 9.14. The van der Waals surface area contributed by atoms with E-state index in [1.165, 1.54) is 5.57 Å². The van der Waals surface area contributed by atoms with Gasteiger partial charge in [-0.3, -0.25) is 4.79 Å². The molecule has 0 unspecified atom stereocenters. The van der Waals surface area contributed by atoms with Crippen LogP contribution >= 0.6 is 0 Å². The zero-order valence-corrected chi connectivity index (χ0v) is 7.58. The molecule has 0 atom stereocenters. The number of hydrogen-bond acceptors (Lipinski definition) is 2. The molecule has 1 rings (SSSR count). The second-order valence-corrected chi connectivity index (χ2v) is 3.37. The van der Waals surface area contributed by atoms with Gasteiger partial charge in [-0.1, -0.05) is 25.5 Å². The highest BCUT2D eigenvalue weighted by atomic mass is 16.3. The van der Waals surface area contributed by atoms with Crippen LogP contribution in [0.5, 0.6) is 0 Å². The fourth-order valence-corrected chi connectivity index (χ4v) is 1.29. The van der Waals surface area contributed by atoms with Gasteiger partial charge < -0.3 is 10.0 Å². The Hall–Kier alpha value is -0.830. The molecule has 0 spiro atoms. The molecule has 0 aliphatic carbocycles. The van der Waals surface area contributed by atoms with E-state index in [2.05, 4.69) is 19.9 Å². The number of aliphatic hydroxyl groups excluding tert-OH is 1. The maximum atomic E-state index is 11.0. The van der Waals surface area contributed by atoms with Crippen LogP contribution in [0.4, 0.5) is 0 Å². The molecule has 12 heavy (non-hydrogen) atoms. The normalized spacial score (nSPS) is 17.0. The third-order valence-electron chi connectivity index (χ3n) is 2.18. The van der Waals surface area contributed by atoms with E-state index in [4.69, 9.17) is 5.11 Å². The SMILES string of the molecule is CC(C)C1=CCN(C(=O)CO)C1. The molecule has 0 saturated carbocycles. The minimum atomic E-state index is -0.376. The van der Waals surface area contributed by atoms with Gasteiger partial charge in [0.1, 0.15) is 6.61 Å². The second kappa shape index (κ2) is 3.72. The van der Waals surface area contributed by atoms with Gasteiger partial charge in [-0.05, 0) is 5.92 Å². The van der Waals surface area contributed by atoms with Gasteiger partial charge in [-0.15, -0.1) is 0 Å². The number of aliphatic hydroxyl groups is 1. The van der Waals surface area contributed by atoms with Gasteiger partial charge in [0.2, 0.25) is 5.91 Å². The molecule has 1 heterocycles. The smallest absolute Gasteiger partial charge is 0.248 e. The first-order valence-electron chi connectivity index (χ1n) is 4.22. The summed E-state index contributed by atoms with van der Waals surface area (Å²) in [5.74, 6) is 0.323. The average Bonchev–Trinajstić information content (AvgIpc) is 2.51. The first kappa shape index (κ1) is 9.26. The van der Waals surface area contributed by atoms with Crippen LogP contribution in [0.3, 0.4) is 0 Å². The Balaban J connectivity index is 2.47. The van der Waals surface area contributed by atoms with E-state index in [0.717, 1.165) is 0 Å². The maximum Gasteiger partial charge on any atom is 0.248 e. The minimum absolute atomic E-state index is 0.179. The molecule has 1 N–H and O–H groups in total. The highest BCUT2D eigenvalue weighted by Crippen LogP contribution is 2.16. The fraction of sp³-hybridized carbons (Fsp3) is 0.667. The molecule has 0 aromatic carbocycles. The van der Waals surface area contributed by atoms with Crippen molar-refractivity contribution in [3.8, 4) is 0 Å². The molecule has 0 fully saturated rings. The Morgan fingerprint density at radius 1 is 1.75 bits per heavy atom. The first-order chi connectivity index (χ1) is 5.65. The highest BCUT2D eigenvalue weighted by molar-refractivity contribution is 5.78. The van der Waals surface area contributed by atoms with Crippen molar-refractivity contribution in [2.75, 3.05) is 19.7 Å². The van der Waals surface area contributed by atoms with Crippen molar-refractivity contribution in [2.24, 2.45) is 5.92 Å². The maximum absolute atomic E-state index is 11.0. The van der Waals surface area contributed by atoms with Gasteiger partial charge in [-0.2, -0.15) is 0 Å². The van der Waals surface area contributed by atoms with Crippen LogP contribution in [0.25, 0.3) is 0 Å². The monoisotopic (exact) mass is 169 g/mol. The topological polar surface area (TPSA) is 40.5 Å². The molecular formula is C9H15NO2. The van der Waals surface area contributed by atoms with Gasteiger partial charge in [0.05, 0.1) is 0 Å². The lowest BCUT2D eigenvalue weighted by Crippen LogP contribution is -2.31. The average molecular weight is 169 g/mol. The summed E-state index contributed by atoms with van der Waals surface area (Å²) in [4.78, 5) is 12.7. The summed E-state index contributed by atoms with van der Waals surface area (Å²) < 4.78 is 0.